The van der Waals surface area contributed by atoms with Crippen LogP contribution in [0.4, 0.5) is 0 Å². The first-order valence-corrected chi connectivity index (χ1v) is 7.87. The topological polar surface area (TPSA) is 87.8 Å². The van der Waals surface area contributed by atoms with E-state index in [0.717, 1.165) is 0 Å². The lowest BCUT2D eigenvalue weighted by Crippen LogP contribution is -2.34. The molecule has 1 aromatic rings. The Morgan fingerprint density at radius 2 is 2.21 bits per heavy atom. The minimum atomic E-state index is -2.93. The summed E-state index contributed by atoms with van der Waals surface area (Å²) in [6.07, 6.45) is 0.607. The fraction of sp³-hybridized carbons (Fsp3) is 0.583. The summed E-state index contributed by atoms with van der Waals surface area (Å²) in [6, 6.07) is 2.83. The maximum Gasteiger partial charge on any atom is 0.371 e. The number of hydrogen-bond donors (Lipinski definition) is 1. The van der Waals surface area contributed by atoms with E-state index in [1.165, 1.54) is 6.07 Å². The zero-order valence-electron chi connectivity index (χ0n) is 10.9. The number of rotatable bonds is 4. The van der Waals surface area contributed by atoms with Crippen molar-refractivity contribution in [1.29, 1.82) is 0 Å². The largest absolute Gasteiger partial charge is 0.475 e. The Labute approximate surface area is 111 Å². The molecular weight excluding hydrogens is 270 g/mol. The third-order valence-electron chi connectivity index (χ3n) is 3.64. The number of carbonyl (C=O) groups is 1. The molecule has 1 saturated heterocycles. The first-order chi connectivity index (χ1) is 8.80. The van der Waals surface area contributed by atoms with Crippen LogP contribution in [0, 0.1) is 0 Å². The molecule has 2 heterocycles. The van der Waals surface area contributed by atoms with E-state index in [1.807, 2.05) is 18.9 Å². The molecule has 0 spiro atoms. The van der Waals surface area contributed by atoms with Crippen LogP contribution in [-0.4, -0.2) is 49.0 Å². The summed E-state index contributed by atoms with van der Waals surface area (Å²) >= 11 is 0. The average molecular weight is 287 g/mol. The highest BCUT2D eigenvalue weighted by Crippen LogP contribution is 2.27. The summed E-state index contributed by atoms with van der Waals surface area (Å²) in [5, 5.41) is 8.81. The second-order valence-electron chi connectivity index (χ2n) is 4.91. The smallest absolute Gasteiger partial charge is 0.371 e. The predicted octanol–water partition coefficient (Wildman–Crippen LogP) is 1.16. The molecule has 2 unspecified atom stereocenters. The number of sulfone groups is 1. The Kier molecular flexibility index (Phi) is 3.69. The highest BCUT2D eigenvalue weighted by molar-refractivity contribution is 7.91. The Bertz CT molecular complexity index is 577. The molecule has 106 valence electrons. The van der Waals surface area contributed by atoms with Crippen molar-refractivity contribution < 1.29 is 22.7 Å². The maximum atomic E-state index is 11.5. The van der Waals surface area contributed by atoms with Crippen LogP contribution in [0.1, 0.15) is 35.7 Å². The minimum Gasteiger partial charge on any atom is -0.475 e. The Morgan fingerprint density at radius 3 is 2.68 bits per heavy atom. The van der Waals surface area contributed by atoms with Crippen LogP contribution in [0.2, 0.25) is 0 Å². The van der Waals surface area contributed by atoms with Gasteiger partial charge in [0.1, 0.15) is 5.76 Å². The molecule has 0 radical (unpaired) electrons. The van der Waals surface area contributed by atoms with Gasteiger partial charge in [-0.2, -0.15) is 0 Å². The second kappa shape index (κ2) is 4.97. The van der Waals surface area contributed by atoms with E-state index < -0.39 is 15.8 Å². The number of aromatic carboxylic acids is 1. The quantitative estimate of drug-likeness (QED) is 0.894. The molecule has 0 aliphatic carbocycles. The third kappa shape index (κ3) is 2.98. The van der Waals surface area contributed by atoms with Crippen molar-refractivity contribution in [3.8, 4) is 0 Å². The predicted molar refractivity (Wildman–Crippen MR) is 68.9 cm³/mol. The summed E-state index contributed by atoms with van der Waals surface area (Å²) in [5.74, 6) is -0.309. The van der Waals surface area contributed by atoms with Gasteiger partial charge in [0.05, 0.1) is 17.5 Å². The van der Waals surface area contributed by atoms with E-state index in [0.29, 0.717) is 12.2 Å². The number of furan rings is 1. The molecule has 1 aliphatic rings. The highest BCUT2D eigenvalue weighted by Gasteiger charge is 2.33. The molecule has 1 aliphatic heterocycles. The van der Waals surface area contributed by atoms with E-state index in [-0.39, 0.29) is 29.3 Å². The summed E-state index contributed by atoms with van der Waals surface area (Å²) in [6.45, 7) is 1.87. The van der Waals surface area contributed by atoms with Crippen molar-refractivity contribution in [3.63, 3.8) is 0 Å². The molecule has 0 bridgehead atoms. The molecule has 1 aromatic heterocycles. The van der Waals surface area contributed by atoms with Crippen LogP contribution >= 0.6 is 0 Å². The van der Waals surface area contributed by atoms with Gasteiger partial charge in [0.15, 0.2) is 9.84 Å². The van der Waals surface area contributed by atoms with Crippen LogP contribution in [0.5, 0.6) is 0 Å². The van der Waals surface area contributed by atoms with Gasteiger partial charge in [0.2, 0.25) is 5.76 Å². The number of carboxylic acids is 1. The standard InChI is InChI=1S/C12H17NO5S/c1-8(10-3-4-11(18-10)12(14)15)13(2)9-5-6-19(16,17)7-9/h3-4,8-9H,5-7H2,1-2H3,(H,14,15). The van der Waals surface area contributed by atoms with Gasteiger partial charge in [0.25, 0.3) is 0 Å². The second-order valence-corrected chi connectivity index (χ2v) is 7.13. The van der Waals surface area contributed by atoms with Crippen molar-refractivity contribution in [2.75, 3.05) is 18.6 Å². The van der Waals surface area contributed by atoms with E-state index >= 15 is 0 Å². The molecule has 1 N–H and O–H groups in total. The monoisotopic (exact) mass is 287 g/mol. The summed E-state index contributed by atoms with van der Waals surface area (Å²) < 4.78 is 28.2. The van der Waals surface area contributed by atoms with Crippen molar-refractivity contribution in [2.45, 2.75) is 25.4 Å². The van der Waals surface area contributed by atoms with Gasteiger partial charge < -0.3 is 9.52 Å². The Morgan fingerprint density at radius 1 is 1.53 bits per heavy atom. The molecule has 7 heteroatoms. The first kappa shape index (κ1) is 14.1. The fourth-order valence-electron chi connectivity index (χ4n) is 2.31. The van der Waals surface area contributed by atoms with Gasteiger partial charge in [-0.15, -0.1) is 0 Å². The highest BCUT2D eigenvalue weighted by atomic mass is 32.2. The van der Waals surface area contributed by atoms with Crippen LogP contribution in [0.25, 0.3) is 0 Å². The van der Waals surface area contributed by atoms with Crippen LogP contribution in [0.3, 0.4) is 0 Å². The normalized spacial score (nSPS) is 23.6. The van der Waals surface area contributed by atoms with Crippen LogP contribution < -0.4 is 0 Å². The van der Waals surface area contributed by atoms with Gasteiger partial charge in [-0.1, -0.05) is 0 Å². The molecule has 0 amide bonds. The summed E-state index contributed by atoms with van der Waals surface area (Å²) in [4.78, 5) is 12.7. The fourth-order valence-corrected chi connectivity index (χ4v) is 4.09. The van der Waals surface area contributed by atoms with Crippen molar-refractivity contribution in [3.05, 3.63) is 23.7 Å². The maximum absolute atomic E-state index is 11.5. The third-order valence-corrected chi connectivity index (χ3v) is 5.39. The molecule has 2 atom stereocenters. The van der Waals surface area contributed by atoms with Gasteiger partial charge in [-0.3, -0.25) is 4.90 Å². The number of hydrogen-bond acceptors (Lipinski definition) is 5. The van der Waals surface area contributed by atoms with Gasteiger partial charge in [0, 0.05) is 6.04 Å². The van der Waals surface area contributed by atoms with Gasteiger partial charge >= 0.3 is 5.97 Å². The average Bonchev–Trinajstić information content (AvgIpc) is 2.93. The van der Waals surface area contributed by atoms with E-state index in [4.69, 9.17) is 9.52 Å². The molecule has 0 aromatic carbocycles. The molecular formula is C12H17NO5S. The lowest BCUT2D eigenvalue weighted by atomic mass is 10.1. The minimum absolute atomic E-state index is 0.0432. The molecule has 6 nitrogen and oxygen atoms in total. The zero-order chi connectivity index (χ0) is 14.2. The lowest BCUT2D eigenvalue weighted by molar-refractivity contribution is 0.0655. The molecule has 2 rings (SSSR count). The molecule has 0 saturated carbocycles. The van der Waals surface area contributed by atoms with Gasteiger partial charge in [-0.05, 0) is 32.5 Å². The van der Waals surface area contributed by atoms with E-state index in [1.54, 1.807) is 6.07 Å². The number of carboxylic acid groups (broad SMARTS) is 1. The lowest BCUT2D eigenvalue weighted by Gasteiger charge is -2.28. The SMILES string of the molecule is CC(c1ccc(C(=O)O)o1)N(C)C1CCS(=O)(=O)C1. The van der Waals surface area contributed by atoms with E-state index in [2.05, 4.69) is 0 Å². The summed E-state index contributed by atoms with van der Waals surface area (Å²) in [5.41, 5.74) is 0. The van der Waals surface area contributed by atoms with Gasteiger partial charge in [-0.25, -0.2) is 13.2 Å². The Hall–Kier alpha value is -1.34. The zero-order valence-corrected chi connectivity index (χ0v) is 11.7. The van der Waals surface area contributed by atoms with Crippen molar-refractivity contribution in [1.82, 2.24) is 4.90 Å². The first-order valence-electron chi connectivity index (χ1n) is 6.05. The van der Waals surface area contributed by atoms with Crippen LogP contribution in [0.15, 0.2) is 16.5 Å². The Balaban J connectivity index is 2.10. The number of nitrogens with zero attached hydrogens (tertiary/aromatic N) is 1. The van der Waals surface area contributed by atoms with E-state index in [9.17, 15) is 13.2 Å². The van der Waals surface area contributed by atoms with Crippen LogP contribution in [-0.2, 0) is 9.84 Å². The molecule has 1 fully saturated rings. The molecule has 19 heavy (non-hydrogen) atoms. The summed E-state index contributed by atoms with van der Waals surface area (Å²) in [7, 11) is -1.10. The van der Waals surface area contributed by atoms with Crippen molar-refractivity contribution >= 4 is 15.8 Å². The van der Waals surface area contributed by atoms with Crippen molar-refractivity contribution in [2.24, 2.45) is 0 Å².